The maximum Gasteiger partial charge on any atom is 0.356 e. The Morgan fingerprint density at radius 1 is 1.21 bits per heavy atom. The highest BCUT2D eigenvalue weighted by molar-refractivity contribution is 6.07. The van der Waals surface area contributed by atoms with Gasteiger partial charge in [0.15, 0.2) is 5.69 Å². The highest BCUT2D eigenvalue weighted by Gasteiger charge is 2.14. The van der Waals surface area contributed by atoms with Crippen LogP contribution in [0.5, 0.6) is 0 Å². The smallest absolute Gasteiger partial charge is 0.356 e. The Morgan fingerprint density at radius 3 is 2.68 bits per heavy atom. The molecular formula is C14H12N2O3. The van der Waals surface area contributed by atoms with Crippen molar-refractivity contribution in [3.63, 3.8) is 0 Å². The van der Waals surface area contributed by atoms with Crippen LogP contribution in [-0.2, 0) is 0 Å². The van der Waals surface area contributed by atoms with Crippen LogP contribution < -0.4 is 5.32 Å². The molecule has 0 atom stereocenters. The van der Waals surface area contributed by atoms with Crippen LogP contribution in [0.15, 0.2) is 42.6 Å². The van der Waals surface area contributed by atoms with Crippen molar-refractivity contribution in [2.24, 2.45) is 0 Å². The number of hydrogen-bond donors (Lipinski definition) is 2. The van der Waals surface area contributed by atoms with Crippen molar-refractivity contribution < 1.29 is 14.7 Å². The van der Waals surface area contributed by atoms with Crippen LogP contribution in [0.4, 0.5) is 5.69 Å². The molecule has 2 N–H and O–H groups in total. The van der Waals surface area contributed by atoms with Gasteiger partial charge in [-0.25, -0.2) is 9.78 Å². The number of benzene rings is 1. The van der Waals surface area contributed by atoms with E-state index < -0.39 is 5.97 Å². The van der Waals surface area contributed by atoms with Gasteiger partial charge in [0.2, 0.25) is 0 Å². The van der Waals surface area contributed by atoms with Gasteiger partial charge in [0.1, 0.15) is 0 Å². The molecule has 0 spiro atoms. The van der Waals surface area contributed by atoms with E-state index in [9.17, 15) is 9.59 Å². The lowest BCUT2D eigenvalue weighted by atomic mass is 10.1. The second kappa shape index (κ2) is 5.30. The highest BCUT2D eigenvalue weighted by atomic mass is 16.4. The van der Waals surface area contributed by atoms with Crippen molar-refractivity contribution in [1.82, 2.24) is 4.98 Å². The molecule has 0 saturated heterocycles. The fraction of sp³-hybridized carbons (Fsp3) is 0.0714. The lowest BCUT2D eigenvalue weighted by molar-refractivity contribution is 0.0692. The fourth-order valence-corrected chi connectivity index (χ4v) is 1.66. The zero-order valence-corrected chi connectivity index (χ0v) is 10.3. The van der Waals surface area contributed by atoms with Crippen LogP contribution in [0.25, 0.3) is 0 Å². The monoisotopic (exact) mass is 256 g/mol. The molecule has 5 nitrogen and oxygen atoms in total. The van der Waals surface area contributed by atoms with Crippen molar-refractivity contribution in [3.8, 4) is 0 Å². The first-order valence-corrected chi connectivity index (χ1v) is 5.64. The third-order valence-electron chi connectivity index (χ3n) is 2.54. The minimum absolute atomic E-state index is 0.177. The lowest BCUT2D eigenvalue weighted by Gasteiger charge is -2.07. The largest absolute Gasteiger partial charge is 0.476 e. The van der Waals surface area contributed by atoms with Gasteiger partial charge in [-0.05, 0) is 31.2 Å². The van der Waals surface area contributed by atoms with E-state index in [0.29, 0.717) is 5.56 Å². The number of pyridine rings is 1. The van der Waals surface area contributed by atoms with E-state index in [1.54, 1.807) is 24.3 Å². The second-order valence-electron chi connectivity index (χ2n) is 4.03. The van der Waals surface area contributed by atoms with Crippen molar-refractivity contribution >= 4 is 17.6 Å². The number of carboxylic acids is 1. The predicted octanol–water partition coefficient (Wildman–Crippen LogP) is 2.34. The number of carbonyl (C=O) groups is 2. The van der Waals surface area contributed by atoms with E-state index in [1.165, 1.54) is 12.3 Å². The van der Waals surface area contributed by atoms with Crippen LogP contribution in [0.2, 0.25) is 0 Å². The number of hydrogen-bond acceptors (Lipinski definition) is 3. The van der Waals surface area contributed by atoms with Crippen LogP contribution >= 0.6 is 0 Å². The molecule has 0 aliphatic heterocycles. The normalized spacial score (nSPS) is 9.95. The summed E-state index contributed by atoms with van der Waals surface area (Å²) in [4.78, 5) is 26.7. The van der Waals surface area contributed by atoms with E-state index in [0.717, 1.165) is 5.56 Å². The summed E-state index contributed by atoms with van der Waals surface area (Å²) in [5.74, 6) is -1.54. The molecule has 0 radical (unpaired) electrons. The van der Waals surface area contributed by atoms with E-state index >= 15 is 0 Å². The number of nitrogens with one attached hydrogen (secondary N) is 1. The quantitative estimate of drug-likeness (QED) is 0.883. The molecule has 5 heteroatoms. The Bertz CT molecular complexity index is 638. The Kier molecular flexibility index (Phi) is 3.56. The Balaban J connectivity index is 2.27. The molecule has 1 amide bonds. The zero-order chi connectivity index (χ0) is 13.8. The number of carboxylic acid groups (broad SMARTS) is 1. The molecule has 0 aliphatic carbocycles. The van der Waals surface area contributed by atoms with Gasteiger partial charge in [0.05, 0.1) is 5.69 Å². The topological polar surface area (TPSA) is 79.3 Å². The van der Waals surface area contributed by atoms with Gasteiger partial charge >= 0.3 is 5.97 Å². The van der Waals surface area contributed by atoms with Crippen LogP contribution in [0, 0.1) is 6.92 Å². The van der Waals surface area contributed by atoms with Crippen molar-refractivity contribution in [2.75, 3.05) is 5.32 Å². The molecule has 0 bridgehead atoms. The van der Waals surface area contributed by atoms with E-state index in [4.69, 9.17) is 5.11 Å². The SMILES string of the molecule is Cc1cccc(C(=O)Nc2cccnc2C(=O)O)c1. The number of anilines is 1. The van der Waals surface area contributed by atoms with Crippen molar-refractivity contribution in [1.29, 1.82) is 0 Å². The Labute approximate surface area is 109 Å². The van der Waals surface area contributed by atoms with Gasteiger partial charge in [0.25, 0.3) is 5.91 Å². The first kappa shape index (κ1) is 12.8. The maximum atomic E-state index is 12.0. The standard InChI is InChI=1S/C14H12N2O3/c1-9-4-2-5-10(8-9)13(17)16-11-6-3-7-15-12(11)14(18)19/h2-8H,1H3,(H,16,17)(H,18,19). The number of aromatic nitrogens is 1. The average molecular weight is 256 g/mol. The lowest BCUT2D eigenvalue weighted by Crippen LogP contribution is -2.15. The van der Waals surface area contributed by atoms with Crippen LogP contribution in [-0.4, -0.2) is 22.0 Å². The molecule has 2 rings (SSSR count). The molecule has 96 valence electrons. The summed E-state index contributed by atoms with van der Waals surface area (Å²) in [5.41, 5.74) is 1.43. The average Bonchev–Trinajstić information content (AvgIpc) is 2.39. The van der Waals surface area contributed by atoms with Gasteiger partial charge in [-0.3, -0.25) is 4.79 Å². The molecule has 0 unspecified atom stereocenters. The second-order valence-corrected chi connectivity index (χ2v) is 4.03. The molecule has 1 aromatic carbocycles. The highest BCUT2D eigenvalue weighted by Crippen LogP contribution is 2.14. The third kappa shape index (κ3) is 2.95. The van der Waals surface area contributed by atoms with Gasteiger partial charge in [-0.1, -0.05) is 17.7 Å². The molecule has 1 aromatic heterocycles. The Morgan fingerprint density at radius 2 is 2.00 bits per heavy atom. The molecule has 1 heterocycles. The first-order chi connectivity index (χ1) is 9.08. The summed E-state index contributed by atoms with van der Waals surface area (Å²) >= 11 is 0. The Hall–Kier alpha value is -2.69. The summed E-state index contributed by atoms with van der Waals surface area (Å²) in [6.07, 6.45) is 1.37. The van der Waals surface area contributed by atoms with Gasteiger partial charge in [-0.15, -0.1) is 0 Å². The van der Waals surface area contributed by atoms with Gasteiger partial charge in [-0.2, -0.15) is 0 Å². The minimum atomic E-state index is -1.18. The first-order valence-electron chi connectivity index (χ1n) is 5.64. The summed E-state index contributed by atoms with van der Waals surface area (Å²) < 4.78 is 0. The molecule has 0 saturated carbocycles. The van der Waals surface area contributed by atoms with Crippen molar-refractivity contribution in [3.05, 3.63) is 59.4 Å². The summed E-state index contributed by atoms with van der Waals surface area (Å²) in [6, 6.07) is 10.1. The van der Waals surface area contributed by atoms with E-state index in [2.05, 4.69) is 10.3 Å². The number of carbonyl (C=O) groups excluding carboxylic acids is 1. The summed E-state index contributed by atoms with van der Waals surface area (Å²) in [6.45, 7) is 1.88. The van der Waals surface area contributed by atoms with Crippen LogP contribution in [0.1, 0.15) is 26.4 Å². The van der Waals surface area contributed by atoms with Crippen molar-refractivity contribution in [2.45, 2.75) is 6.92 Å². The van der Waals surface area contributed by atoms with E-state index in [-0.39, 0.29) is 17.3 Å². The minimum Gasteiger partial charge on any atom is -0.476 e. The molecule has 19 heavy (non-hydrogen) atoms. The number of aryl methyl sites for hydroxylation is 1. The molecule has 2 aromatic rings. The third-order valence-corrected chi connectivity index (χ3v) is 2.54. The zero-order valence-electron chi connectivity index (χ0n) is 10.3. The summed E-state index contributed by atoms with van der Waals surface area (Å²) in [7, 11) is 0. The molecule has 0 aliphatic rings. The van der Waals surface area contributed by atoms with Gasteiger partial charge < -0.3 is 10.4 Å². The van der Waals surface area contributed by atoms with Crippen LogP contribution in [0.3, 0.4) is 0 Å². The number of nitrogens with zero attached hydrogens (tertiary/aromatic N) is 1. The maximum absolute atomic E-state index is 12.0. The van der Waals surface area contributed by atoms with Gasteiger partial charge in [0, 0.05) is 11.8 Å². The number of rotatable bonds is 3. The number of aromatic carboxylic acids is 1. The van der Waals surface area contributed by atoms with E-state index in [1.807, 2.05) is 13.0 Å². The molecular weight excluding hydrogens is 244 g/mol. The summed E-state index contributed by atoms with van der Waals surface area (Å²) in [5, 5.41) is 11.5. The predicted molar refractivity (Wildman–Crippen MR) is 70.3 cm³/mol. The number of amides is 1. The molecule has 0 fully saturated rings. The fourth-order valence-electron chi connectivity index (χ4n) is 1.66.